The number of urea groups is 1. The number of fused-ring (bicyclic) bond motifs is 1. The molecule has 1 atom stereocenters. The van der Waals surface area contributed by atoms with E-state index < -0.39 is 0 Å². The third-order valence-electron chi connectivity index (χ3n) is 5.24. The van der Waals surface area contributed by atoms with Crippen molar-refractivity contribution in [3.05, 3.63) is 41.3 Å². The molecule has 0 saturated heterocycles. The monoisotopic (exact) mass is 398 g/mol. The minimum atomic E-state index is -0.327. The lowest BCUT2D eigenvalue weighted by Crippen LogP contribution is -2.45. The first-order chi connectivity index (χ1) is 14.0. The molecule has 1 aliphatic rings. The fraction of sp³-hybridized carbons (Fsp3) is 0.400. The highest BCUT2D eigenvalue weighted by Crippen LogP contribution is 2.30. The summed E-state index contributed by atoms with van der Waals surface area (Å²) in [6.07, 6.45) is 1.57. The van der Waals surface area contributed by atoms with Crippen LogP contribution in [0, 0.1) is 5.82 Å². The van der Waals surface area contributed by atoms with Crippen molar-refractivity contribution in [2.45, 2.75) is 39.3 Å². The van der Waals surface area contributed by atoms with Gasteiger partial charge in [-0.2, -0.15) is 10.1 Å². The average molecular weight is 398 g/mol. The molecule has 1 aromatic carbocycles. The van der Waals surface area contributed by atoms with Gasteiger partial charge in [0.2, 0.25) is 5.82 Å². The summed E-state index contributed by atoms with van der Waals surface area (Å²) in [5.74, 6) is 0.318. The van der Waals surface area contributed by atoms with E-state index in [1.165, 1.54) is 12.1 Å². The van der Waals surface area contributed by atoms with Crippen molar-refractivity contribution in [1.29, 1.82) is 0 Å². The van der Waals surface area contributed by atoms with Crippen LogP contribution in [-0.4, -0.2) is 43.4 Å². The Labute approximate surface area is 167 Å². The van der Waals surface area contributed by atoms with Crippen LogP contribution < -0.4 is 5.32 Å². The standard InChI is InChI=1S/C20H23FN6O2/c1-4-12(2)22-20(28)27-10-9-16-15(11-27)17(24-26(16)3)19-23-18(25-29-19)13-5-7-14(21)8-6-13/h5-8,12H,4,9-11H2,1-3H3,(H,22,28)/t12-/m0/s1. The van der Waals surface area contributed by atoms with Crippen LogP contribution in [0.3, 0.4) is 0 Å². The summed E-state index contributed by atoms with van der Waals surface area (Å²) in [6, 6.07) is 5.92. The van der Waals surface area contributed by atoms with Crippen LogP contribution in [0.4, 0.5) is 9.18 Å². The van der Waals surface area contributed by atoms with E-state index in [-0.39, 0.29) is 23.8 Å². The Balaban J connectivity index is 1.61. The lowest BCUT2D eigenvalue weighted by atomic mass is 10.1. The summed E-state index contributed by atoms with van der Waals surface area (Å²) in [5.41, 5.74) is 3.19. The van der Waals surface area contributed by atoms with Gasteiger partial charge in [0.15, 0.2) is 5.69 Å². The van der Waals surface area contributed by atoms with Crippen LogP contribution in [0.25, 0.3) is 23.0 Å². The summed E-state index contributed by atoms with van der Waals surface area (Å²) in [5, 5.41) is 11.6. The summed E-state index contributed by atoms with van der Waals surface area (Å²) in [6.45, 7) is 5.07. The van der Waals surface area contributed by atoms with Crippen LogP contribution in [0.1, 0.15) is 31.5 Å². The van der Waals surface area contributed by atoms with Crippen molar-refractivity contribution in [2.24, 2.45) is 7.05 Å². The number of hydrogen-bond donors (Lipinski definition) is 1. The van der Waals surface area contributed by atoms with Gasteiger partial charge >= 0.3 is 6.03 Å². The molecule has 1 N–H and O–H groups in total. The van der Waals surface area contributed by atoms with Crippen molar-refractivity contribution in [2.75, 3.05) is 6.54 Å². The molecular weight excluding hydrogens is 375 g/mol. The van der Waals surface area contributed by atoms with Crippen molar-refractivity contribution >= 4 is 6.03 Å². The number of carbonyl (C=O) groups is 1. The zero-order valence-corrected chi connectivity index (χ0v) is 16.6. The lowest BCUT2D eigenvalue weighted by Gasteiger charge is -2.28. The van der Waals surface area contributed by atoms with E-state index in [2.05, 4.69) is 20.6 Å². The first-order valence-corrected chi connectivity index (χ1v) is 9.66. The molecule has 0 unspecified atom stereocenters. The highest BCUT2D eigenvalue weighted by molar-refractivity contribution is 5.75. The maximum Gasteiger partial charge on any atom is 0.317 e. The molecule has 0 bridgehead atoms. The Hall–Kier alpha value is -3.23. The molecule has 0 aliphatic carbocycles. The third-order valence-corrected chi connectivity index (χ3v) is 5.24. The topological polar surface area (TPSA) is 89.1 Å². The zero-order valence-electron chi connectivity index (χ0n) is 16.6. The van der Waals surface area contributed by atoms with E-state index in [0.717, 1.165) is 17.7 Å². The summed E-state index contributed by atoms with van der Waals surface area (Å²) in [7, 11) is 1.87. The van der Waals surface area contributed by atoms with Crippen LogP contribution >= 0.6 is 0 Å². The minimum Gasteiger partial charge on any atom is -0.336 e. The molecule has 0 fully saturated rings. The Kier molecular flexibility index (Phi) is 5.04. The average Bonchev–Trinajstić information content (AvgIpc) is 3.33. The van der Waals surface area contributed by atoms with Crippen LogP contribution in [0.5, 0.6) is 0 Å². The number of aryl methyl sites for hydroxylation is 1. The number of nitrogens with one attached hydrogen (secondary N) is 1. The van der Waals surface area contributed by atoms with Gasteiger partial charge in [-0.3, -0.25) is 4.68 Å². The molecule has 2 aromatic heterocycles. The van der Waals surface area contributed by atoms with Crippen molar-refractivity contribution in [1.82, 2.24) is 30.1 Å². The van der Waals surface area contributed by atoms with Gasteiger partial charge < -0.3 is 14.7 Å². The molecule has 0 saturated carbocycles. The fourth-order valence-electron chi connectivity index (χ4n) is 3.38. The first kappa shape index (κ1) is 19.1. The predicted molar refractivity (Wildman–Crippen MR) is 104 cm³/mol. The first-order valence-electron chi connectivity index (χ1n) is 9.66. The van der Waals surface area contributed by atoms with Gasteiger partial charge in [0.05, 0.1) is 6.54 Å². The minimum absolute atomic E-state index is 0.0858. The SMILES string of the molecule is CC[C@H](C)NC(=O)N1CCc2c(c(-c3nc(-c4ccc(F)cc4)no3)nn2C)C1. The fourth-order valence-corrected chi connectivity index (χ4v) is 3.38. The van der Waals surface area contributed by atoms with Gasteiger partial charge in [-0.05, 0) is 37.6 Å². The number of carbonyl (C=O) groups excluding carboxylic acids is 1. The number of amides is 2. The smallest absolute Gasteiger partial charge is 0.317 e. The van der Waals surface area contributed by atoms with Gasteiger partial charge in [-0.15, -0.1) is 0 Å². The van der Waals surface area contributed by atoms with Gasteiger partial charge in [0, 0.05) is 42.9 Å². The zero-order chi connectivity index (χ0) is 20.5. The van der Waals surface area contributed by atoms with E-state index >= 15 is 0 Å². The van der Waals surface area contributed by atoms with Gasteiger partial charge in [-0.25, -0.2) is 9.18 Å². The lowest BCUT2D eigenvalue weighted by molar-refractivity contribution is 0.188. The molecule has 0 spiro atoms. The summed E-state index contributed by atoms with van der Waals surface area (Å²) in [4.78, 5) is 18.8. The van der Waals surface area contributed by atoms with E-state index in [1.807, 2.05) is 20.9 Å². The molecule has 4 rings (SSSR count). The van der Waals surface area contributed by atoms with E-state index in [1.54, 1.807) is 21.7 Å². The normalized spacial score (nSPS) is 14.6. The second kappa shape index (κ2) is 7.65. The number of nitrogens with zero attached hydrogens (tertiary/aromatic N) is 5. The van der Waals surface area contributed by atoms with Crippen LogP contribution in [0.15, 0.2) is 28.8 Å². The number of halogens is 1. The third kappa shape index (κ3) is 3.72. The molecule has 8 nitrogen and oxygen atoms in total. The van der Waals surface area contributed by atoms with Gasteiger partial charge in [-0.1, -0.05) is 12.1 Å². The molecule has 3 heterocycles. The Morgan fingerprint density at radius 2 is 2.10 bits per heavy atom. The quantitative estimate of drug-likeness (QED) is 0.729. The number of aromatic nitrogens is 4. The van der Waals surface area contributed by atoms with E-state index in [4.69, 9.17) is 4.52 Å². The van der Waals surface area contributed by atoms with E-state index in [0.29, 0.717) is 36.6 Å². The summed E-state index contributed by atoms with van der Waals surface area (Å²) >= 11 is 0. The maximum atomic E-state index is 13.2. The summed E-state index contributed by atoms with van der Waals surface area (Å²) < 4.78 is 20.4. The van der Waals surface area contributed by atoms with Crippen LogP contribution in [0.2, 0.25) is 0 Å². The van der Waals surface area contributed by atoms with Crippen molar-refractivity contribution in [3.63, 3.8) is 0 Å². The Morgan fingerprint density at radius 1 is 1.34 bits per heavy atom. The molecule has 0 radical (unpaired) electrons. The molecule has 29 heavy (non-hydrogen) atoms. The van der Waals surface area contributed by atoms with Crippen molar-refractivity contribution in [3.8, 4) is 23.0 Å². The largest absolute Gasteiger partial charge is 0.336 e. The van der Waals surface area contributed by atoms with E-state index in [9.17, 15) is 9.18 Å². The number of benzene rings is 1. The number of hydrogen-bond acceptors (Lipinski definition) is 5. The van der Waals surface area contributed by atoms with Gasteiger partial charge in [0.25, 0.3) is 5.89 Å². The molecule has 152 valence electrons. The Morgan fingerprint density at radius 3 is 2.83 bits per heavy atom. The maximum absolute atomic E-state index is 13.2. The highest BCUT2D eigenvalue weighted by atomic mass is 19.1. The second-order valence-corrected chi connectivity index (χ2v) is 7.26. The number of rotatable bonds is 4. The van der Waals surface area contributed by atoms with Gasteiger partial charge in [0.1, 0.15) is 5.82 Å². The van der Waals surface area contributed by atoms with Crippen molar-refractivity contribution < 1.29 is 13.7 Å². The van der Waals surface area contributed by atoms with Crippen LogP contribution in [-0.2, 0) is 20.0 Å². The molecular formula is C20H23FN6O2. The molecule has 2 amide bonds. The molecule has 1 aliphatic heterocycles. The molecule has 9 heteroatoms. The highest BCUT2D eigenvalue weighted by Gasteiger charge is 2.29. The second-order valence-electron chi connectivity index (χ2n) is 7.26. The predicted octanol–water partition coefficient (Wildman–Crippen LogP) is 3.14. The molecule has 3 aromatic rings. The Bertz CT molecular complexity index is 1030.